The average molecular weight is 232 g/mol. The van der Waals surface area contributed by atoms with Gasteiger partial charge in [0.05, 0.1) is 17.7 Å². The number of hydrogen-bond acceptors (Lipinski definition) is 4. The number of rotatable bonds is 5. The van der Waals surface area contributed by atoms with Gasteiger partial charge in [0, 0.05) is 12.6 Å². The van der Waals surface area contributed by atoms with E-state index in [2.05, 4.69) is 11.4 Å². The fourth-order valence-electron chi connectivity index (χ4n) is 1.37. The number of hydrogen-bond donors (Lipinski definition) is 3. The number of nitrogens with one attached hydrogen (secondary N) is 1. The molecular formula is C12H16N4O. The summed E-state index contributed by atoms with van der Waals surface area (Å²) in [6, 6.07) is 8.66. The lowest BCUT2D eigenvalue weighted by Gasteiger charge is -2.16. The SMILES string of the molecule is CC(NCC(N)C(N)=O)c1ccc(C#N)cc1. The third-order valence-electron chi connectivity index (χ3n) is 2.55. The van der Waals surface area contributed by atoms with E-state index in [4.69, 9.17) is 16.7 Å². The minimum Gasteiger partial charge on any atom is -0.368 e. The van der Waals surface area contributed by atoms with Gasteiger partial charge >= 0.3 is 0 Å². The number of benzene rings is 1. The Bertz CT molecular complexity index is 421. The number of nitrogens with two attached hydrogens (primary N) is 2. The van der Waals surface area contributed by atoms with Crippen molar-refractivity contribution in [3.05, 3.63) is 35.4 Å². The van der Waals surface area contributed by atoms with E-state index in [-0.39, 0.29) is 6.04 Å². The Kier molecular flexibility index (Phi) is 4.64. The Hall–Kier alpha value is -1.90. The normalized spacial score (nSPS) is 13.7. The van der Waals surface area contributed by atoms with Crippen molar-refractivity contribution in [2.75, 3.05) is 6.54 Å². The number of carbonyl (C=O) groups excluding carboxylic acids is 1. The summed E-state index contributed by atoms with van der Waals surface area (Å²) in [6.07, 6.45) is 0. The number of nitrogens with zero attached hydrogens (tertiary/aromatic N) is 1. The molecule has 1 aromatic rings. The Morgan fingerprint density at radius 3 is 2.53 bits per heavy atom. The molecule has 0 spiro atoms. The first-order valence-corrected chi connectivity index (χ1v) is 5.33. The minimum atomic E-state index is -0.684. The second kappa shape index (κ2) is 5.99. The van der Waals surface area contributed by atoms with Crippen LogP contribution in [0.3, 0.4) is 0 Å². The van der Waals surface area contributed by atoms with E-state index in [0.29, 0.717) is 12.1 Å². The first-order chi connectivity index (χ1) is 8.04. The van der Waals surface area contributed by atoms with E-state index >= 15 is 0 Å². The van der Waals surface area contributed by atoms with Crippen LogP contribution in [0.25, 0.3) is 0 Å². The Labute approximate surface area is 100 Å². The largest absolute Gasteiger partial charge is 0.368 e. The summed E-state index contributed by atoms with van der Waals surface area (Å²) >= 11 is 0. The molecule has 0 bridgehead atoms. The van der Waals surface area contributed by atoms with Crippen molar-refractivity contribution >= 4 is 5.91 Å². The summed E-state index contributed by atoms with van der Waals surface area (Å²) in [5.74, 6) is -0.524. The smallest absolute Gasteiger partial charge is 0.235 e. The van der Waals surface area contributed by atoms with E-state index < -0.39 is 11.9 Å². The maximum atomic E-state index is 10.8. The van der Waals surface area contributed by atoms with Gasteiger partial charge in [-0.3, -0.25) is 4.79 Å². The summed E-state index contributed by atoms with van der Waals surface area (Å²) in [5, 5.41) is 11.8. The van der Waals surface area contributed by atoms with E-state index in [1.807, 2.05) is 19.1 Å². The molecule has 90 valence electrons. The summed E-state index contributed by atoms with van der Waals surface area (Å²) in [6.45, 7) is 2.28. The summed E-state index contributed by atoms with van der Waals surface area (Å²) < 4.78 is 0. The first kappa shape index (κ1) is 13.2. The lowest BCUT2D eigenvalue weighted by Crippen LogP contribution is -2.44. The van der Waals surface area contributed by atoms with Crippen LogP contribution in [0.2, 0.25) is 0 Å². The average Bonchev–Trinajstić information content (AvgIpc) is 2.35. The minimum absolute atomic E-state index is 0.0492. The van der Waals surface area contributed by atoms with Gasteiger partial charge in [-0.2, -0.15) is 5.26 Å². The topological polar surface area (TPSA) is 105 Å². The quantitative estimate of drug-likeness (QED) is 0.665. The third kappa shape index (κ3) is 3.87. The van der Waals surface area contributed by atoms with Crippen LogP contribution >= 0.6 is 0 Å². The molecule has 0 fully saturated rings. The zero-order chi connectivity index (χ0) is 12.8. The van der Waals surface area contributed by atoms with Crippen molar-refractivity contribution < 1.29 is 4.79 Å². The molecular weight excluding hydrogens is 216 g/mol. The molecule has 5 N–H and O–H groups in total. The van der Waals surface area contributed by atoms with Gasteiger partial charge in [0.25, 0.3) is 0 Å². The number of amides is 1. The van der Waals surface area contributed by atoms with Crippen molar-refractivity contribution in [3.8, 4) is 6.07 Å². The summed E-state index contributed by atoms with van der Waals surface area (Å²) in [4.78, 5) is 10.8. The second-order valence-electron chi connectivity index (χ2n) is 3.87. The van der Waals surface area contributed by atoms with Gasteiger partial charge in [-0.05, 0) is 24.6 Å². The second-order valence-corrected chi connectivity index (χ2v) is 3.87. The highest BCUT2D eigenvalue weighted by Crippen LogP contribution is 2.12. The van der Waals surface area contributed by atoms with E-state index in [9.17, 15) is 4.79 Å². The molecule has 0 aliphatic carbocycles. The zero-order valence-electron chi connectivity index (χ0n) is 9.68. The molecule has 2 atom stereocenters. The van der Waals surface area contributed by atoms with Crippen molar-refractivity contribution in [2.45, 2.75) is 19.0 Å². The van der Waals surface area contributed by atoms with Crippen molar-refractivity contribution in [3.63, 3.8) is 0 Å². The predicted molar refractivity (Wildman–Crippen MR) is 64.7 cm³/mol. The molecule has 5 heteroatoms. The van der Waals surface area contributed by atoms with Crippen LogP contribution in [-0.4, -0.2) is 18.5 Å². The maximum Gasteiger partial charge on any atom is 0.235 e. The van der Waals surface area contributed by atoms with Gasteiger partial charge < -0.3 is 16.8 Å². The number of nitriles is 1. The molecule has 17 heavy (non-hydrogen) atoms. The Morgan fingerprint density at radius 1 is 1.47 bits per heavy atom. The van der Waals surface area contributed by atoms with Crippen LogP contribution in [0.5, 0.6) is 0 Å². The molecule has 0 saturated heterocycles. The summed E-state index contributed by atoms with van der Waals surface area (Å²) in [5.41, 5.74) is 12.2. The van der Waals surface area contributed by atoms with Crippen LogP contribution < -0.4 is 16.8 Å². The van der Waals surface area contributed by atoms with Gasteiger partial charge in [0.15, 0.2) is 0 Å². The number of primary amides is 1. The fraction of sp³-hybridized carbons (Fsp3) is 0.333. The Balaban J connectivity index is 2.55. The van der Waals surface area contributed by atoms with Gasteiger partial charge in [-0.25, -0.2) is 0 Å². The van der Waals surface area contributed by atoms with Gasteiger partial charge in [0.2, 0.25) is 5.91 Å². The van der Waals surface area contributed by atoms with Gasteiger partial charge in [0.1, 0.15) is 0 Å². The van der Waals surface area contributed by atoms with Crippen molar-refractivity contribution in [1.82, 2.24) is 5.32 Å². The molecule has 0 aliphatic rings. The van der Waals surface area contributed by atoms with E-state index in [1.54, 1.807) is 12.1 Å². The molecule has 0 aromatic heterocycles. The van der Waals surface area contributed by atoms with Crippen molar-refractivity contribution in [1.29, 1.82) is 5.26 Å². The maximum absolute atomic E-state index is 10.8. The Morgan fingerprint density at radius 2 is 2.06 bits per heavy atom. The summed E-state index contributed by atoms with van der Waals surface area (Å²) in [7, 11) is 0. The highest BCUT2D eigenvalue weighted by molar-refractivity contribution is 5.79. The van der Waals surface area contributed by atoms with Crippen LogP contribution in [0.1, 0.15) is 24.1 Å². The van der Waals surface area contributed by atoms with E-state index in [0.717, 1.165) is 5.56 Å². The zero-order valence-corrected chi connectivity index (χ0v) is 9.68. The van der Waals surface area contributed by atoms with Crippen LogP contribution in [0, 0.1) is 11.3 Å². The lowest BCUT2D eigenvalue weighted by atomic mass is 10.1. The molecule has 0 heterocycles. The van der Waals surface area contributed by atoms with Crippen LogP contribution in [0.15, 0.2) is 24.3 Å². The van der Waals surface area contributed by atoms with Crippen LogP contribution in [-0.2, 0) is 4.79 Å². The highest BCUT2D eigenvalue weighted by atomic mass is 16.1. The standard InChI is InChI=1S/C12H16N4O/c1-8(16-7-11(14)12(15)17)10-4-2-9(6-13)3-5-10/h2-5,8,11,16H,7,14H2,1H3,(H2,15,17). The predicted octanol–water partition coefficient (Wildman–Crippen LogP) is 0.0215. The van der Waals surface area contributed by atoms with Gasteiger partial charge in [-0.15, -0.1) is 0 Å². The molecule has 0 saturated carbocycles. The highest BCUT2D eigenvalue weighted by Gasteiger charge is 2.11. The lowest BCUT2D eigenvalue weighted by molar-refractivity contribution is -0.119. The van der Waals surface area contributed by atoms with Crippen LogP contribution in [0.4, 0.5) is 0 Å². The first-order valence-electron chi connectivity index (χ1n) is 5.33. The number of carbonyl (C=O) groups is 1. The molecule has 2 unspecified atom stereocenters. The monoisotopic (exact) mass is 232 g/mol. The molecule has 1 rings (SSSR count). The molecule has 1 aromatic carbocycles. The molecule has 0 radical (unpaired) electrons. The van der Waals surface area contributed by atoms with Gasteiger partial charge in [-0.1, -0.05) is 12.1 Å². The third-order valence-corrected chi connectivity index (χ3v) is 2.55. The molecule has 0 aliphatic heterocycles. The molecule has 5 nitrogen and oxygen atoms in total. The fourth-order valence-corrected chi connectivity index (χ4v) is 1.37. The van der Waals surface area contributed by atoms with E-state index in [1.165, 1.54) is 0 Å². The van der Waals surface area contributed by atoms with Crippen molar-refractivity contribution in [2.24, 2.45) is 11.5 Å². The molecule has 1 amide bonds.